The first-order valence-electron chi connectivity index (χ1n) is 2.56. The number of halogens is 1. The monoisotopic (exact) mass is 143 g/mol. The van der Waals surface area contributed by atoms with Gasteiger partial charge in [0.25, 0.3) is 5.56 Å². The second kappa shape index (κ2) is 2.69. The molecule has 0 aliphatic carbocycles. The Hall–Kier alpha value is -0.760. The number of hydrogen-bond acceptors (Lipinski definition) is 1. The van der Waals surface area contributed by atoms with E-state index in [2.05, 4.69) is 0 Å². The van der Waals surface area contributed by atoms with Gasteiger partial charge in [-0.3, -0.25) is 4.79 Å². The molecule has 0 unspecified atom stereocenters. The highest BCUT2D eigenvalue weighted by Gasteiger charge is 1.86. The summed E-state index contributed by atoms with van der Waals surface area (Å²) in [5.41, 5.74) is -0.0625. The fourth-order valence-electron chi connectivity index (χ4n) is 0.559. The quantitative estimate of drug-likeness (QED) is 0.539. The van der Waals surface area contributed by atoms with Crippen LogP contribution in [0, 0.1) is 0 Å². The maximum Gasteiger partial charge on any atom is 0.251 e. The Morgan fingerprint density at radius 2 is 2.33 bits per heavy atom. The average Bonchev–Trinajstić information content (AvgIpc) is 1.89. The molecule has 3 heteroatoms. The van der Waals surface area contributed by atoms with Gasteiger partial charge >= 0.3 is 0 Å². The molecular formula is C6H6ClNO. The molecule has 0 spiro atoms. The van der Waals surface area contributed by atoms with Crippen LogP contribution in [0.5, 0.6) is 0 Å². The Bertz CT molecular complexity index is 243. The summed E-state index contributed by atoms with van der Waals surface area (Å²) in [5, 5.41) is 0. The maximum atomic E-state index is 10.7. The molecular weight excluding hydrogens is 138 g/mol. The molecule has 1 heterocycles. The first-order valence-corrected chi connectivity index (χ1v) is 3.09. The lowest BCUT2D eigenvalue weighted by Crippen LogP contribution is -2.14. The van der Waals surface area contributed by atoms with E-state index in [1.165, 1.54) is 10.6 Å². The van der Waals surface area contributed by atoms with Gasteiger partial charge in [-0.2, -0.15) is 0 Å². The summed E-state index contributed by atoms with van der Waals surface area (Å²) in [6.45, 7) is 0. The van der Waals surface area contributed by atoms with Gasteiger partial charge < -0.3 is 4.57 Å². The van der Waals surface area contributed by atoms with Crippen molar-refractivity contribution < 1.29 is 0 Å². The van der Waals surface area contributed by atoms with E-state index in [4.69, 9.17) is 11.6 Å². The van der Waals surface area contributed by atoms with E-state index < -0.39 is 0 Å². The molecule has 0 bridgehead atoms. The van der Waals surface area contributed by atoms with Crippen LogP contribution in [0.25, 0.3) is 0 Å². The minimum Gasteiger partial charge on any atom is -0.301 e. The first kappa shape index (κ1) is 6.36. The highest BCUT2D eigenvalue weighted by molar-refractivity contribution is 6.15. The SMILES string of the molecule is O=c1ccccn1CCl. The topological polar surface area (TPSA) is 22.0 Å². The number of hydrogen-bond donors (Lipinski definition) is 0. The molecule has 0 saturated heterocycles. The smallest absolute Gasteiger partial charge is 0.251 e. The van der Waals surface area contributed by atoms with Crippen molar-refractivity contribution in [2.45, 2.75) is 6.00 Å². The minimum absolute atomic E-state index is 0.0625. The van der Waals surface area contributed by atoms with Gasteiger partial charge in [-0.25, -0.2) is 0 Å². The van der Waals surface area contributed by atoms with Crippen LogP contribution in [0.1, 0.15) is 0 Å². The Kier molecular flexibility index (Phi) is 1.90. The van der Waals surface area contributed by atoms with Crippen molar-refractivity contribution in [1.29, 1.82) is 0 Å². The predicted molar refractivity (Wildman–Crippen MR) is 36.6 cm³/mol. The normalized spacial score (nSPS) is 9.44. The summed E-state index contributed by atoms with van der Waals surface area (Å²) in [5.74, 6) is 0. The summed E-state index contributed by atoms with van der Waals surface area (Å²) >= 11 is 5.40. The molecule has 0 aliphatic rings. The molecule has 1 aromatic rings. The molecule has 1 aromatic heterocycles. The van der Waals surface area contributed by atoms with Crippen molar-refractivity contribution in [1.82, 2.24) is 4.57 Å². The molecule has 0 N–H and O–H groups in total. The van der Waals surface area contributed by atoms with Crippen LogP contribution in [0.4, 0.5) is 0 Å². The van der Waals surface area contributed by atoms with Crippen LogP contribution < -0.4 is 5.56 Å². The summed E-state index contributed by atoms with van der Waals surface area (Å²) in [6.07, 6.45) is 1.65. The van der Waals surface area contributed by atoms with Crippen LogP contribution >= 0.6 is 11.6 Å². The Morgan fingerprint density at radius 3 is 2.78 bits per heavy atom. The highest BCUT2D eigenvalue weighted by Crippen LogP contribution is 1.83. The lowest BCUT2D eigenvalue weighted by molar-refractivity contribution is 0.832. The lowest BCUT2D eigenvalue weighted by atomic mass is 10.5. The van der Waals surface area contributed by atoms with Crippen LogP contribution in [0.3, 0.4) is 0 Å². The first-order chi connectivity index (χ1) is 4.34. The van der Waals surface area contributed by atoms with Crippen LogP contribution in [-0.2, 0) is 6.00 Å². The summed E-state index contributed by atoms with van der Waals surface area (Å²) in [6, 6.07) is 5.15. The van der Waals surface area contributed by atoms with E-state index in [0.717, 1.165) is 0 Å². The molecule has 0 fully saturated rings. The molecule has 2 nitrogen and oxygen atoms in total. The molecule has 0 aromatic carbocycles. The number of alkyl halides is 1. The summed E-state index contributed by atoms with van der Waals surface area (Å²) in [7, 11) is 0. The lowest BCUT2D eigenvalue weighted by Gasteiger charge is -1.94. The zero-order chi connectivity index (χ0) is 6.69. The van der Waals surface area contributed by atoms with Crippen molar-refractivity contribution >= 4 is 11.6 Å². The molecule has 0 saturated carbocycles. The molecule has 48 valence electrons. The Morgan fingerprint density at radius 1 is 1.56 bits per heavy atom. The van der Waals surface area contributed by atoms with Gasteiger partial charge in [-0.1, -0.05) is 6.07 Å². The maximum absolute atomic E-state index is 10.7. The van der Waals surface area contributed by atoms with E-state index in [9.17, 15) is 4.79 Å². The molecule has 9 heavy (non-hydrogen) atoms. The van der Waals surface area contributed by atoms with Gasteiger partial charge in [0.15, 0.2) is 0 Å². The minimum atomic E-state index is -0.0625. The van der Waals surface area contributed by atoms with Gasteiger partial charge in [-0.15, -0.1) is 11.6 Å². The van der Waals surface area contributed by atoms with Crippen molar-refractivity contribution in [3.8, 4) is 0 Å². The molecule has 0 aliphatic heterocycles. The number of nitrogens with zero attached hydrogens (tertiary/aromatic N) is 1. The van der Waals surface area contributed by atoms with Crippen LogP contribution in [0.15, 0.2) is 29.2 Å². The third-order valence-electron chi connectivity index (χ3n) is 1.03. The average molecular weight is 144 g/mol. The summed E-state index contributed by atoms with van der Waals surface area (Å²) < 4.78 is 1.42. The third-order valence-corrected chi connectivity index (χ3v) is 1.29. The van der Waals surface area contributed by atoms with E-state index in [1.807, 2.05) is 0 Å². The second-order valence-corrected chi connectivity index (χ2v) is 1.87. The summed E-state index contributed by atoms with van der Waals surface area (Å²) in [4.78, 5) is 10.7. The van der Waals surface area contributed by atoms with E-state index in [-0.39, 0.29) is 11.6 Å². The number of aromatic nitrogens is 1. The van der Waals surface area contributed by atoms with Gasteiger partial charge in [0.1, 0.15) is 6.00 Å². The Balaban J connectivity index is 3.16. The number of pyridine rings is 1. The third kappa shape index (κ3) is 1.33. The highest BCUT2D eigenvalue weighted by atomic mass is 35.5. The zero-order valence-corrected chi connectivity index (χ0v) is 5.51. The van der Waals surface area contributed by atoms with E-state index >= 15 is 0 Å². The van der Waals surface area contributed by atoms with Gasteiger partial charge in [0.05, 0.1) is 0 Å². The van der Waals surface area contributed by atoms with Gasteiger partial charge in [-0.05, 0) is 6.07 Å². The molecule has 0 radical (unpaired) electrons. The van der Waals surface area contributed by atoms with Crippen LogP contribution in [-0.4, -0.2) is 4.57 Å². The molecule has 0 amide bonds. The molecule has 1 rings (SSSR count). The van der Waals surface area contributed by atoms with Crippen molar-refractivity contribution in [2.24, 2.45) is 0 Å². The van der Waals surface area contributed by atoms with Gasteiger partial charge in [0.2, 0.25) is 0 Å². The number of rotatable bonds is 1. The zero-order valence-electron chi connectivity index (χ0n) is 4.75. The second-order valence-electron chi connectivity index (χ2n) is 1.63. The Labute approximate surface area is 57.7 Å². The molecule has 0 atom stereocenters. The van der Waals surface area contributed by atoms with E-state index in [1.54, 1.807) is 18.3 Å². The van der Waals surface area contributed by atoms with Crippen LogP contribution in [0.2, 0.25) is 0 Å². The standard InChI is InChI=1S/C6H6ClNO/c7-5-8-4-2-1-3-6(8)9/h1-4H,5H2. The largest absolute Gasteiger partial charge is 0.301 e. The fraction of sp³-hybridized carbons (Fsp3) is 0.167. The van der Waals surface area contributed by atoms with Crippen molar-refractivity contribution in [2.75, 3.05) is 0 Å². The van der Waals surface area contributed by atoms with Gasteiger partial charge in [0, 0.05) is 12.3 Å². The van der Waals surface area contributed by atoms with Crippen molar-refractivity contribution in [3.05, 3.63) is 34.7 Å². The van der Waals surface area contributed by atoms with Crippen molar-refractivity contribution in [3.63, 3.8) is 0 Å². The van der Waals surface area contributed by atoms with E-state index in [0.29, 0.717) is 0 Å². The fourth-order valence-corrected chi connectivity index (χ4v) is 0.757. The predicted octanol–water partition coefficient (Wildman–Crippen LogP) is 1.04.